The van der Waals surface area contributed by atoms with Crippen molar-refractivity contribution in [3.8, 4) is 5.75 Å². The van der Waals surface area contributed by atoms with E-state index >= 15 is 0 Å². The van der Waals surface area contributed by atoms with E-state index in [1.165, 1.54) is 12.1 Å². The number of halogens is 1. The molecule has 1 N–H and O–H groups in total. The summed E-state index contributed by atoms with van der Waals surface area (Å²) < 4.78 is 18.8. The molecule has 26 heavy (non-hydrogen) atoms. The number of aromatic carboxylic acids is 1. The summed E-state index contributed by atoms with van der Waals surface area (Å²) >= 11 is 0. The number of carboxylic acid groups (broad SMARTS) is 1. The number of amides is 1. The summed E-state index contributed by atoms with van der Waals surface area (Å²) in [7, 11) is 0. The Hall–Kier alpha value is -3.09. The van der Waals surface area contributed by atoms with E-state index in [-0.39, 0.29) is 23.8 Å². The molecule has 2 aromatic rings. The van der Waals surface area contributed by atoms with Crippen molar-refractivity contribution in [2.75, 3.05) is 37.7 Å². The van der Waals surface area contributed by atoms with Gasteiger partial charge in [-0.1, -0.05) is 18.2 Å². The van der Waals surface area contributed by atoms with Crippen LogP contribution in [0.2, 0.25) is 0 Å². The van der Waals surface area contributed by atoms with Crippen LogP contribution in [-0.2, 0) is 4.79 Å². The molecule has 1 heterocycles. The Morgan fingerprint density at radius 2 is 1.77 bits per heavy atom. The molecule has 0 atom stereocenters. The monoisotopic (exact) mass is 358 g/mol. The minimum absolute atomic E-state index is 0.0602. The number of anilines is 1. The summed E-state index contributed by atoms with van der Waals surface area (Å²) in [6.45, 7) is 1.96. The van der Waals surface area contributed by atoms with E-state index in [4.69, 9.17) is 9.84 Å². The topological polar surface area (TPSA) is 70.1 Å². The number of benzene rings is 2. The van der Waals surface area contributed by atoms with Crippen molar-refractivity contribution >= 4 is 17.6 Å². The van der Waals surface area contributed by atoms with Crippen LogP contribution in [-0.4, -0.2) is 54.7 Å². The first-order valence-corrected chi connectivity index (χ1v) is 8.28. The predicted octanol–water partition coefficient (Wildman–Crippen LogP) is 2.25. The molecular formula is C19H19FN2O4. The van der Waals surface area contributed by atoms with Gasteiger partial charge in [0.15, 0.2) is 18.2 Å². The van der Waals surface area contributed by atoms with Crippen LogP contribution in [0.25, 0.3) is 0 Å². The summed E-state index contributed by atoms with van der Waals surface area (Å²) in [4.78, 5) is 27.0. The average Bonchev–Trinajstić information content (AvgIpc) is 2.67. The molecule has 1 fully saturated rings. The third-order valence-electron chi connectivity index (χ3n) is 4.28. The molecule has 0 saturated carbocycles. The van der Waals surface area contributed by atoms with E-state index in [1.807, 2.05) is 11.0 Å². The van der Waals surface area contributed by atoms with Crippen LogP contribution in [0.5, 0.6) is 5.75 Å². The molecule has 136 valence electrons. The maximum Gasteiger partial charge on any atom is 0.335 e. The SMILES string of the molecule is O=C(O)c1cccc(N2CCN(C(=O)COc3ccccc3F)CC2)c1. The van der Waals surface area contributed by atoms with Crippen molar-refractivity contribution in [2.45, 2.75) is 0 Å². The van der Waals surface area contributed by atoms with Crippen molar-refractivity contribution in [2.24, 2.45) is 0 Å². The van der Waals surface area contributed by atoms with Gasteiger partial charge < -0.3 is 19.6 Å². The highest BCUT2D eigenvalue weighted by Crippen LogP contribution is 2.19. The zero-order chi connectivity index (χ0) is 18.5. The standard InChI is InChI=1S/C19H19FN2O4/c20-16-6-1-2-7-17(16)26-13-18(23)22-10-8-21(9-11-22)15-5-3-4-14(12-15)19(24)25/h1-7,12H,8-11,13H2,(H,24,25). The zero-order valence-electron chi connectivity index (χ0n) is 14.1. The minimum atomic E-state index is -0.967. The first-order chi connectivity index (χ1) is 12.5. The van der Waals surface area contributed by atoms with Crippen molar-refractivity contribution in [1.82, 2.24) is 4.90 Å². The number of carbonyl (C=O) groups excluding carboxylic acids is 1. The van der Waals surface area contributed by atoms with Crippen LogP contribution in [0.1, 0.15) is 10.4 Å². The second-order valence-corrected chi connectivity index (χ2v) is 5.94. The molecule has 0 radical (unpaired) electrons. The number of nitrogens with zero attached hydrogens (tertiary/aromatic N) is 2. The fourth-order valence-electron chi connectivity index (χ4n) is 2.84. The van der Waals surface area contributed by atoms with Gasteiger partial charge in [-0.15, -0.1) is 0 Å². The van der Waals surface area contributed by atoms with Gasteiger partial charge in [0.2, 0.25) is 0 Å². The quantitative estimate of drug-likeness (QED) is 0.888. The minimum Gasteiger partial charge on any atom is -0.481 e. The Morgan fingerprint density at radius 3 is 2.46 bits per heavy atom. The average molecular weight is 358 g/mol. The highest BCUT2D eigenvalue weighted by atomic mass is 19.1. The normalized spacial score (nSPS) is 14.2. The first kappa shape index (κ1) is 17.7. The van der Waals surface area contributed by atoms with E-state index in [2.05, 4.69) is 0 Å². The number of carbonyl (C=O) groups is 2. The summed E-state index contributed by atoms with van der Waals surface area (Å²) in [6.07, 6.45) is 0. The number of para-hydroxylation sites is 1. The van der Waals surface area contributed by atoms with Crippen LogP contribution in [0, 0.1) is 5.82 Å². The third-order valence-corrected chi connectivity index (χ3v) is 4.28. The molecule has 7 heteroatoms. The van der Waals surface area contributed by atoms with Crippen LogP contribution < -0.4 is 9.64 Å². The van der Waals surface area contributed by atoms with E-state index in [0.717, 1.165) is 5.69 Å². The molecule has 1 aliphatic heterocycles. The highest BCUT2D eigenvalue weighted by Gasteiger charge is 2.22. The van der Waals surface area contributed by atoms with Gasteiger partial charge in [0, 0.05) is 31.9 Å². The van der Waals surface area contributed by atoms with Gasteiger partial charge in [-0.2, -0.15) is 0 Å². The van der Waals surface area contributed by atoms with Crippen molar-refractivity contribution in [3.63, 3.8) is 0 Å². The Kier molecular flexibility index (Phi) is 5.36. The predicted molar refractivity (Wildman–Crippen MR) is 94.1 cm³/mol. The fraction of sp³-hybridized carbons (Fsp3) is 0.263. The summed E-state index contributed by atoms with van der Waals surface area (Å²) in [6, 6.07) is 12.7. The van der Waals surface area contributed by atoms with E-state index in [0.29, 0.717) is 26.2 Å². The second-order valence-electron chi connectivity index (χ2n) is 5.94. The maximum atomic E-state index is 13.5. The molecule has 6 nitrogen and oxygen atoms in total. The Balaban J connectivity index is 1.53. The van der Waals surface area contributed by atoms with Crippen LogP contribution >= 0.6 is 0 Å². The van der Waals surface area contributed by atoms with Crippen molar-refractivity contribution < 1.29 is 23.8 Å². The van der Waals surface area contributed by atoms with Crippen molar-refractivity contribution in [3.05, 3.63) is 59.9 Å². The lowest BCUT2D eigenvalue weighted by Gasteiger charge is -2.36. The van der Waals surface area contributed by atoms with Crippen LogP contribution in [0.15, 0.2) is 48.5 Å². The van der Waals surface area contributed by atoms with E-state index in [1.54, 1.807) is 35.2 Å². The second kappa shape index (κ2) is 7.86. The molecule has 0 spiro atoms. The lowest BCUT2D eigenvalue weighted by atomic mass is 10.1. The molecule has 2 aromatic carbocycles. The number of piperazine rings is 1. The molecule has 1 amide bonds. The first-order valence-electron chi connectivity index (χ1n) is 8.28. The number of rotatable bonds is 5. The van der Waals surface area contributed by atoms with Gasteiger partial charge in [-0.05, 0) is 30.3 Å². The number of carboxylic acids is 1. The van der Waals surface area contributed by atoms with Gasteiger partial charge in [-0.25, -0.2) is 9.18 Å². The molecule has 0 unspecified atom stereocenters. The molecule has 0 aliphatic carbocycles. The summed E-state index contributed by atoms with van der Waals surface area (Å²) in [5.41, 5.74) is 1.05. The van der Waals surface area contributed by atoms with Crippen molar-refractivity contribution in [1.29, 1.82) is 0 Å². The number of hydrogen-bond acceptors (Lipinski definition) is 4. The molecule has 1 aliphatic rings. The van der Waals surface area contributed by atoms with Gasteiger partial charge in [0.25, 0.3) is 5.91 Å². The molecule has 0 bridgehead atoms. The van der Waals surface area contributed by atoms with Gasteiger partial charge in [0.1, 0.15) is 0 Å². The zero-order valence-corrected chi connectivity index (χ0v) is 14.1. The number of hydrogen-bond donors (Lipinski definition) is 1. The fourth-order valence-corrected chi connectivity index (χ4v) is 2.84. The lowest BCUT2D eigenvalue weighted by Crippen LogP contribution is -2.50. The largest absolute Gasteiger partial charge is 0.481 e. The lowest BCUT2D eigenvalue weighted by molar-refractivity contribution is -0.133. The molecule has 0 aromatic heterocycles. The smallest absolute Gasteiger partial charge is 0.335 e. The van der Waals surface area contributed by atoms with Gasteiger partial charge in [-0.3, -0.25) is 4.79 Å². The highest BCUT2D eigenvalue weighted by molar-refractivity contribution is 5.88. The molecule has 3 rings (SSSR count). The van der Waals surface area contributed by atoms with E-state index in [9.17, 15) is 14.0 Å². The number of ether oxygens (including phenoxy) is 1. The molecule has 1 saturated heterocycles. The summed E-state index contributed by atoms with van der Waals surface area (Å²) in [5.74, 6) is -1.61. The Morgan fingerprint density at radius 1 is 1.04 bits per heavy atom. The third kappa shape index (κ3) is 4.11. The van der Waals surface area contributed by atoms with Crippen LogP contribution in [0.3, 0.4) is 0 Å². The Bertz CT molecular complexity index is 804. The van der Waals surface area contributed by atoms with Gasteiger partial charge in [0.05, 0.1) is 5.56 Å². The van der Waals surface area contributed by atoms with E-state index < -0.39 is 11.8 Å². The van der Waals surface area contributed by atoms with Crippen LogP contribution in [0.4, 0.5) is 10.1 Å². The maximum absolute atomic E-state index is 13.5. The summed E-state index contributed by atoms with van der Waals surface area (Å²) in [5, 5.41) is 9.08. The van der Waals surface area contributed by atoms with Gasteiger partial charge >= 0.3 is 5.97 Å². The molecular weight excluding hydrogens is 339 g/mol. The Labute approximate surface area is 150 Å².